The van der Waals surface area contributed by atoms with Crippen molar-refractivity contribution < 1.29 is 4.79 Å². The molecule has 1 aromatic heterocycles. The minimum Gasteiger partial charge on any atom is -0.357 e. The summed E-state index contributed by atoms with van der Waals surface area (Å²) in [4.78, 5) is 21.6. The van der Waals surface area contributed by atoms with Crippen LogP contribution in [0.25, 0.3) is 0 Å². The van der Waals surface area contributed by atoms with Gasteiger partial charge in [-0.25, -0.2) is 0 Å². The average Bonchev–Trinajstić information content (AvgIpc) is 3.35. The van der Waals surface area contributed by atoms with Crippen LogP contribution in [0, 0.1) is 5.41 Å². The predicted molar refractivity (Wildman–Crippen MR) is 115 cm³/mol. The lowest BCUT2D eigenvalue weighted by atomic mass is 9.97. The predicted octanol–water partition coefficient (Wildman–Crippen LogP) is 2.06. The van der Waals surface area contributed by atoms with Crippen LogP contribution < -0.4 is 10.2 Å². The maximum atomic E-state index is 12.7. The van der Waals surface area contributed by atoms with E-state index >= 15 is 0 Å². The van der Waals surface area contributed by atoms with Gasteiger partial charge in [0.2, 0.25) is 5.91 Å². The average molecular weight is 395 g/mol. The van der Waals surface area contributed by atoms with Crippen LogP contribution in [0.15, 0.2) is 47.7 Å². The zero-order valence-corrected chi connectivity index (χ0v) is 17.3. The van der Waals surface area contributed by atoms with Crippen molar-refractivity contribution in [1.82, 2.24) is 20.0 Å². The number of amides is 1. The molecule has 1 N–H and O–H groups in total. The van der Waals surface area contributed by atoms with Gasteiger partial charge in [0.15, 0.2) is 5.96 Å². The SMILES string of the molecule is CCNC(=NCC1(Cc2ccccc2)CC1)N1CCN(c2cnn(C)c2)C(=O)C1. The van der Waals surface area contributed by atoms with Crippen molar-refractivity contribution in [2.75, 3.05) is 37.6 Å². The van der Waals surface area contributed by atoms with E-state index in [1.165, 1.54) is 18.4 Å². The molecule has 2 aliphatic rings. The van der Waals surface area contributed by atoms with Crippen molar-refractivity contribution >= 4 is 17.6 Å². The van der Waals surface area contributed by atoms with Crippen LogP contribution in [0.4, 0.5) is 5.69 Å². The van der Waals surface area contributed by atoms with Gasteiger partial charge < -0.3 is 15.1 Å². The molecule has 7 heteroatoms. The molecule has 154 valence electrons. The van der Waals surface area contributed by atoms with Crippen molar-refractivity contribution in [3.63, 3.8) is 0 Å². The molecule has 7 nitrogen and oxygen atoms in total. The molecule has 0 bridgehead atoms. The van der Waals surface area contributed by atoms with Crippen molar-refractivity contribution in [2.45, 2.75) is 26.2 Å². The number of nitrogens with one attached hydrogen (secondary N) is 1. The van der Waals surface area contributed by atoms with E-state index in [0.29, 0.717) is 13.1 Å². The fourth-order valence-corrected chi connectivity index (χ4v) is 3.94. The van der Waals surface area contributed by atoms with Crippen molar-refractivity contribution in [3.05, 3.63) is 48.3 Å². The number of rotatable bonds is 6. The summed E-state index contributed by atoms with van der Waals surface area (Å²) in [6.07, 6.45) is 7.14. The number of guanidine groups is 1. The first-order chi connectivity index (χ1) is 14.1. The summed E-state index contributed by atoms with van der Waals surface area (Å²) in [5, 5.41) is 7.57. The Morgan fingerprint density at radius 3 is 2.66 bits per heavy atom. The molecule has 0 radical (unpaired) electrons. The number of benzene rings is 1. The van der Waals surface area contributed by atoms with E-state index in [4.69, 9.17) is 4.99 Å². The summed E-state index contributed by atoms with van der Waals surface area (Å²) in [6.45, 7) is 5.41. The standard InChI is InChI=1S/C22H30N6O/c1-3-23-21(24-17-22(9-10-22)13-18-7-5-4-6-8-18)27-11-12-28(20(29)16-27)19-14-25-26(2)15-19/h4-8,14-15H,3,9-13,16-17H2,1-2H3,(H,23,24). The summed E-state index contributed by atoms with van der Waals surface area (Å²) < 4.78 is 1.72. The van der Waals surface area contributed by atoms with Gasteiger partial charge in [-0.05, 0) is 37.2 Å². The van der Waals surface area contributed by atoms with E-state index in [1.807, 2.05) is 18.1 Å². The van der Waals surface area contributed by atoms with Gasteiger partial charge in [-0.3, -0.25) is 14.5 Å². The van der Waals surface area contributed by atoms with Gasteiger partial charge >= 0.3 is 0 Å². The Morgan fingerprint density at radius 2 is 2.03 bits per heavy atom. The lowest BCUT2D eigenvalue weighted by Crippen LogP contribution is -2.55. The molecule has 2 aromatic rings. The number of anilines is 1. The molecule has 1 aromatic carbocycles. The third kappa shape index (κ3) is 4.60. The maximum Gasteiger partial charge on any atom is 0.246 e. The lowest BCUT2D eigenvalue weighted by Gasteiger charge is -2.35. The van der Waals surface area contributed by atoms with Crippen LogP contribution in [-0.2, 0) is 18.3 Å². The van der Waals surface area contributed by atoms with Crippen LogP contribution in [-0.4, -0.2) is 59.3 Å². The highest BCUT2D eigenvalue weighted by Gasteiger charge is 2.42. The normalized spacial score (nSPS) is 18.8. The van der Waals surface area contributed by atoms with E-state index < -0.39 is 0 Å². The molecular formula is C22H30N6O. The molecule has 2 heterocycles. The van der Waals surface area contributed by atoms with Crippen molar-refractivity contribution in [1.29, 1.82) is 0 Å². The Balaban J connectivity index is 1.40. The van der Waals surface area contributed by atoms with E-state index in [-0.39, 0.29) is 11.3 Å². The Bertz CT molecular complexity index is 870. The molecule has 1 amide bonds. The monoisotopic (exact) mass is 394 g/mol. The fraction of sp³-hybridized carbons (Fsp3) is 0.500. The summed E-state index contributed by atoms with van der Waals surface area (Å²) in [6, 6.07) is 10.7. The van der Waals surface area contributed by atoms with Gasteiger partial charge in [-0.1, -0.05) is 30.3 Å². The topological polar surface area (TPSA) is 65.8 Å². The Hall–Kier alpha value is -2.83. The van der Waals surface area contributed by atoms with Crippen molar-refractivity contribution in [3.8, 4) is 0 Å². The number of aryl methyl sites for hydroxylation is 1. The fourth-order valence-electron chi connectivity index (χ4n) is 3.94. The maximum absolute atomic E-state index is 12.7. The lowest BCUT2D eigenvalue weighted by molar-refractivity contribution is -0.120. The van der Waals surface area contributed by atoms with Gasteiger partial charge in [0.05, 0.1) is 11.9 Å². The largest absolute Gasteiger partial charge is 0.357 e. The minimum atomic E-state index is 0.0836. The van der Waals surface area contributed by atoms with E-state index in [9.17, 15) is 4.79 Å². The van der Waals surface area contributed by atoms with Gasteiger partial charge in [-0.2, -0.15) is 5.10 Å². The Labute approximate surface area is 172 Å². The van der Waals surface area contributed by atoms with Crippen LogP contribution in [0.3, 0.4) is 0 Å². The Kier molecular flexibility index (Phi) is 5.56. The third-order valence-corrected chi connectivity index (χ3v) is 5.80. The van der Waals surface area contributed by atoms with Crippen LogP contribution in [0.1, 0.15) is 25.3 Å². The van der Waals surface area contributed by atoms with Gasteiger partial charge in [0.1, 0.15) is 6.54 Å². The second-order valence-electron chi connectivity index (χ2n) is 8.17. The van der Waals surface area contributed by atoms with Crippen molar-refractivity contribution in [2.24, 2.45) is 17.5 Å². The summed E-state index contributed by atoms with van der Waals surface area (Å²) >= 11 is 0. The zero-order valence-electron chi connectivity index (χ0n) is 17.3. The molecule has 0 atom stereocenters. The summed E-state index contributed by atoms with van der Waals surface area (Å²) in [5.41, 5.74) is 2.52. The van der Waals surface area contributed by atoms with Crippen LogP contribution >= 0.6 is 0 Å². The molecule has 0 spiro atoms. The van der Waals surface area contributed by atoms with E-state index in [0.717, 1.165) is 37.7 Å². The third-order valence-electron chi connectivity index (χ3n) is 5.80. The summed E-state index contributed by atoms with van der Waals surface area (Å²) in [5.74, 6) is 0.936. The van der Waals surface area contributed by atoms with Crippen LogP contribution in [0.2, 0.25) is 0 Å². The molecule has 1 saturated heterocycles. The Morgan fingerprint density at radius 1 is 1.24 bits per heavy atom. The highest BCUT2D eigenvalue weighted by atomic mass is 16.2. The van der Waals surface area contributed by atoms with Gasteiger partial charge in [-0.15, -0.1) is 0 Å². The number of carbonyl (C=O) groups is 1. The number of aliphatic imine (C=N–C) groups is 1. The molecule has 1 aliphatic heterocycles. The van der Waals surface area contributed by atoms with Gasteiger partial charge in [0, 0.05) is 39.4 Å². The second kappa shape index (κ2) is 8.27. The molecule has 29 heavy (non-hydrogen) atoms. The molecule has 1 saturated carbocycles. The minimum absolute atomic E-state index is 0.0836. The summed E-state index contributed by atoms with van der Waals surface area (Å²) in [7, 11) is 1.86. The zero-order chi connectivity index (χ0) is 20.3. The first kappa shape index (κ1) is 19.5. The number of carbonyl (C=O) groups excluding carboxylic acids is 1. The number of hydrogen-bond acceptors (Lipinski definition) is 3. The first-order valence-electron chi connectivity index (χ1n) is 10.4. The molecule has 1 aliphatic carbocycles. The van der Waals surface area contributed by atoms with E-state index in [2.05, 4.69) is 52.6 Å². The van der Waals surface area contributed by atoms with Crippen LogP contribution in [0.5, 0.6) is 0 Å². The molecular weight excluding hydrogens is 364 g/mol. The molecule has 0 unspecified atom stereocenters. The molecule has 2 fully saturated rings. The number of piperazine rings is 1. The second-order valence-corrected chi connectivity index (χ2v) is 8.17. The van der Waals surface area contributed by atoms with Gasteiger partial charge in [0.25, 0.3) is 0 Å². The first-order valence-corrected chi connectivity index (χ1v) is 10.4. The highest BCUT2D eigenvalue weighted by Crippen LogP contribution is 2.48. The highest BCUT2D eigenvalue weighted by molar-refractivity contribution is 5.98. The smallest absolute Gasteiger partial charge is 0.246 e. The van der Waals surface area contributed by atoms with E-state index in [1.54, 1.807) is 10.9 Å². The number of nitrogens with zero attached hydrogens (tertiary/aromatic N) is 5. The number of aromatic nitrogens is 2. The quantitative estimate of drug-likeness (QED) is 0.602. The number of hydrogen-bond donors (Lipinski definition) is 1. The molecule has 4 rings (SSSR count).